The first kappa shape index (κ1) is 15.7. The van der Waals surface area contributed by atoms with Gasteiger partial charge in [0, 0.05) is 5.56 Å². The Kier molecular flexibility index (Phi) is 4.52. The van der Waals surface area contributed by atoms with Gasteiger partial charge in [0.25, 0.3) is 0 Å². The van der Waals surface area contributed by atoms with Gasteiger partial charge in [-0.1, -0.05) is 12.1 Å². The predicted molar refractivity (Wildman–Crippen MR) is 89.4 cm³/mol. The van der Waals surface area contributed by atoms with Gasteiger partial charge < -0.3 is 9.30 Å². The molecule has 120 valence electrons. The summed E-state index contributed by atoms with van der Waals surface area (Å²) in [5.74, 6) is 2.27. The van der Waals surface area contributed by atoms with E-state index in [1.165, 1.54) is 0 Å². The monoisotopic (exact) mass is 319 g/mol. The summed E-state index contributed by atoms with van der Waals surface area (Å²) in [6.07, 6.45) is 1.72. The van der Waals surface area contributed by atoms with E-state index in [9.17, 15) is 0 Å². The number of benzene rings is 1. The fourth-order valence-electron chi connectivity index (χ4n) is 2.43. The molecule has 6 heteroatoms. The van der Waals surface area contributed by atoms with Crippen molar-refractivity contribution in [2.45, 2.75) is 20.4 Å². The number of rotatable bonds is 5. The topological polar surface area (TPSA) is 76.6 Å². The van der Waals surface area contributed by atoms with Crippen molar-refractivity contribution in [3.63, 3.8) is 0 Å². The number of nitrogens with zero attached hydrogens (tertiary/aromatic N) is 5. The fourth-order valence-corrected chi connectivity index (χ4v) is 2.43. The van der Waals surface area contributed by atoms with Gasteiger partial charge in [-0.25, -0.2) is 0 Å². The summed E-state index contributed by atoms with van der Waals surface area (Å²) in [4.78, 5) is 4.43. The van der Waals surface area contributed by atoms with E-state index in [-0.39, 0.29) is 0 Å². The molecule has 0 fully saturated rings. The minimum atomic E-state index is 0.553. The first-order valence-electron chi connectivity index (χ1n) is 7.69. The van der Waals surface area contributed by atoms with Crippen LogP contribution in [0.5, 0.6) is 5.75 Å². The zero-order chi connectivity index (χ0) is 16.9. The van der Waals surface area contributed by atoms with Crippen LogP contribution in [-0.4, -0.2) is 26.4 Å². The lowest BCUT2D eigenvalue weighted by molar-refractivity contribution is 0.338. The van der Waals surface area contributed by atoms with E-state index in [0.717, 1.165) is 28.7 Å². The molecule has 0 amide bonds. The summed E-state index contributed by atoms with van der Waals surface area (Å²) in [7, 11) is 0. The molecular weight excluding hydrogens is 302 g/mol. The van der Waals surface area contributed by atoms with Gasteiger partial charge in [-0.05, 0) is 38.1 Å². The van der Waals surface area contributed by atoms with Crippen molar-refractivity contribution < 1.29 is 4.74 Å². The summed E-state index contributed by atoms with van der Waals surface area (Å²) < 4.78 is 7.40. The summed E-state index contributed by atoms with van der Waals surface area (Å²) in [5, 5.41) is 17.5. The van der Waals surface area contributed by atoms with Crippen LogP contribution in [0.3, 0.4) is 0 Å². The van der Waals surface area contributed by atoms with E-state index >= 15 is 0 Å². The van der Waals surface area contributed by atoms with E-state index in [0.29, 0.717) is 18.7 Å². The maximum absolute atomic E-state index is 9.07. The maximum Gasteiger partial charge on any atom is 0.164 e. The second-order valence-electron chi connectivity index (χ2n) is 5.27. The van der Waals surface area contributed by atoms with Crippen molar-refractivity contribution in [2.24, 2.45) is 0 Å². The zero-order valence-electron chi connectivity index (χ0n) is 13.6. The third kappa shape index (κ3) is 3.25. The summed E-state index contributed by atoms with van der Waals surface area (Å²) in [6.45, 7) is 5.01. The molecule has 6 nitrogen and oxygen atoms in total. The molecule has 0 aliphatic heterocycles. The SMILES string of the molecule is CCOc1ccc(Cn2c(C)nnc2-c2cccc(C#N)c2)nc1. The van der Waals surface area contributed by atoms with Gasteiger partial charge in [0.1, 0.15) is 11.6 Å². The molecule has 2 heterocycles. The third-order valence-electron chi connectivity index (χ3n) is 3.61. The lowest BCUT2D eigenvalue weighted by atomic mass is 10.1. The normalized spacial score (nSPS) is 10.4. The lowest BCUT2D eigenvalue weighted by Gasteiger charge is -2.09. The van der Waals surface area contributed by atoms with Crippen molar-refractivity contribution >= 4 is 0 Å². The molecule has 0 saturated carbocycles. The number of hydrogen-bond acceptors (Lipinski definition) is 5. The molecule has 0 aliphatic carbocycles. The quantitative estimate of drug-likeness (QED) is 0.722. The van der Waals surface area contributed by atoms with E-state index in [1.54, 1.807) is 12.3 Å². The molecule has 0 saturated heterocycles. The van der Waals surface area contributed by atoms with E-state index < -0.39 is 0 Å². The number of aryl methyl sites for hydroxylation is 1. The van der Waals surface area contributed by atoms with Crippen LogP contribution >= 0.6 is 0 Å². The molecule has 0 unspecified atom stereocenters. The van der Waals surface area contributed by atoms with Gasteiger partial charge in [0.15, 0.2) is 5.82 Å². The predicted octanol–water partition coefficient (Wildman–Crippen LogP) is 2.97. The Labute approximate surface area is 140 Å². The summed E-state index contributed by atoms with van der Waals surface area (Å²) >= 11 is 0. The number of nitriles is 1. The van der Waals surface area contributed by atoms with Crippen molar-refractivity contribution in [3.8, 4) is 23.2 Å². The Hall–Kier alpha value is -3.20. The van der Waals surface area contributed by atoms with Crippen LogP contribution in [0, 0.1) is 18.3 Å². The van der Waals surface area contributed by atoms with Gasteiger partial charge in [-0.15, -0.1) is 10.2 Å². The Bertz CT molecular complexity index is 877. The lowest BCUT2D eigenvalue weighted by Crippen LogP contribution is -2.06. The minimum absolute atomic E-state index is 0.553. The molecule has 0 aliphatic rings. The molecule has 24 heavy (non-hydrogen) atoms. The molecule has 0 bridgehead atoms. The van der Waals surface area contributed by atoms with Crippen LogP contribution in [0.15, 0.2) is 42.6 Å². The Balaban J connectivity index is 1.91. The number of pyridine rings is 1. The standard InChI is InChI=1S/C18H17N5O/c1-3-24-17-8-7-16(20-11-17)12-23-13(2)21-22-18(23)15-6-4-5-14(9-15)10-19/h4-9,11H,3,12H2,1-2H3. The second kappa shape index (κ2) is 6.92. The van der Waals surface area contributed by atoms with Crippen LogP contribution in [0.4, 0.5) is 0 Å². The zero-order valence-corrected chi connectivity index (χ0v) is 13.6. The molecule has 3 aromatic rings. The Morgan fingerprint density at radius 3 is 2.79 bits per heavy atom. The summed E-state index contributed by atoms with van der Waals surface area (Å²) in [6, 6.07) is 13.3. The molecular formula is C18H17N5O. The molecule has 0 spiro atoms. The fraction of sp³-hybridized carbons (Fsp3) is 0.222. The van der Waals surface area contributed by atoms with E-state index in [2.05, 4.69) is 21.3 Å². The van der Waals surface area contributed by atoms with Crippen LogP contribution < -0.4 is 4.74 Å². The minimum Gasteiger partial charge on any atom is -0.492 e. The van der Waals surface area contributed by atoms with Crippen LogP contribution in [0.25, 0.3) is 11.4 Å². The average Bonchev–Trinajstić information content (AvgIpc) is 2.98. The summed E-state index contributed by atoms with van der Waals surface area (Å²) in [5.41, 5.74) is 2.35. The van der Waals surface area contributed by atoms with Crippen LogP contribution in [-0.2, 0) is 6.54 Å². The largest absolute Gasteiger partial charge is 0.492 e. The number of ether oxygens (including phenoxy) is 1. The Morgan fingerprint density at radius 1 is 1.21 bits per heavy atom. The number of aromatic nitrogens is 4. The van der Waals surface area contributed by atoms with Gasteiger partial charge in [0.05, 0.1) is 36.7 Å². The van der Waals surface area contributed by atoms with Gasteiger partial charge in [-0.2, -0.15) is 5.26 Å². The van der Waals surface area contributed by atoms with Gasteiger partial charge >= 0.3 is 0 Å². The van der Waals surface area contributed by atoms with Crippen molar-refractivity contribution in [3.05, 3.63) is 59.7 Å². The molecule has 0 radical (unpaired) electrons. The van der Waals surface area contributed by atoms with Crippen LogP contribution in [0.1, 0.15) is 24.0 Å². The highest BCUT2D eigenvalue weighted by atomic mass is 16.5. The van der Waals surface area contributed by atoms with Crippen LogP contribution in [0.2, 0.25) is 0 Å². The maximum atomic E-state index is 9.07. The van der Waals surface area contributed by atoms with E-state index in [1.807, 2.05) is 48.7 Å². The van der Waals surface area contributed by atoms with Crippen molar-refractivity contribution in [1.82, 2.24) is 19.7 Å². The van der Waals surface area contributed by atoms with Gasteiger partial charge in [-0.3, -0.25) is 4.98 Å². The van der Waals surface area contributed by atoms with Crippen molar-refractivity contribution in [1.29, 1.82) is 5.26 Å². The third-order valence-corrected chi connectivity index (χ3v) is 3.61. The molecule has 1 aromatic carbocycles. The molecule has 0 N–H and O–H groups in total. The first-order valence-corrected chi connectivity index (χ1v) is 7.69. The molecule has 0 atom stereocenters. The molecule has 2 aromatic heterocycles. The van der Waals surface area contributed by atoms with Gasteiger partial charge in [0.2, 0.25) is 0 Å². The first-order chi connectivity index (χ1) is 11.7. The van der Waals surface area contributed by atoms with E-state index in [4.69, 9.17) is 10.00 Å². The highest BCUT2D eigenvalue weighted by molar-refractivity contribution is 5.58. The molecule has 3 rings (SSSR count). The second-order valence-corrected chi connectivity index (χ2v) is 5.27. The number of hydrogen-bond donors (Lipinski definition) is 0. The Morgan fingerprint density at radius 2 is 2.08 bits per heavy atom. The smallest absolute Gasteiger partial charge is 0.164 e. The highest BCUT2D eigenvalue weighted by Gasteiger charge is 2.12. The van der Waals surface area contributed by atoms with Crippen molar-refractivity contribution in [2.75, 3.05) is 6.61 Å². The average molecular weight is 319 g/mol. The highest BCUT2D eigenvalue weighted by Crippen LogP contribution is 2.21.